The van der Waals surface area contributed by atoms with Crippen LogP contribution in [-0.4, -0.2) is 18.4 Å². The van der Waals surface area contributed by atoms with Gasteiger partial charge in [-0.2, -0.15) is 0 Å². The molecule has 0 aromatic heterocycles. The topological polar surface area (TPSA) is 76.7 Å². The fourth-order valence-corrected chi connectivity index (χ4v) is 3.39. The number of rotatable bonds is 6. The predicted octanol–water partition coefficient (Wildman–Crippen LogP) is 4.94. The Morgan fingerprint density at radius 1 is 0.967 bits per heavy atom. The van der Waals surface area contributed by atoms with Crippen LogP contribution in [0.5, 0.6) is 17.2 Å². The van der Waals surface area contributed by atoms with Crippen LogP contribution in [0, 0.1) is 0 Å². The van der Waals surface area contributed by atoms with Crippen LogP contribution in [0.4, 0.5) is 11.4 Å². The Kier molecular flexibility index (Phi) is 5.66. The molecule has 152 valence electrons. The van der Waals surface area contributed by atoms with Gasteiger partial charge in [0.15, 0.2) is 0 Å². The smallest absolute Gasteiger partial charge is 0.232 e. The van der Waals surface area contributed by atoms with Crippen LogP contribution in [0.25, 0.3) is 0 Å². The van der Waals surface area contributed by atoms with Gasteiger partial charge in [-0.3, -0.25) is 9.59 Å². The number of fused-ring (bicyclic) bond motifs is 1. The molecular formula is C24H22N2O4. The lowest BCUT2D eigenvalue weighted by atomic mass is 9.90. The van der Waals surface area contributed by atoms with Gasteiger partial charge in [-0.05, 0) is 67.1 Å². The number of amides is 2. The highest BCUT2D eigenvalue weighted by molar-refractivity contribution is 6.05. The number of carbonyl (C=O) groups excluding carboxylic acids is 2. The standard InChI is InChI=1S/C24H22N2O4/c1-2-29-17-11-13-19(14-12-17)30-18-9-7-16(8-10-18)25-24(28)21-15-23(27)26-22-6-4-3-5-20(21)22/h3-14,21H,2,15H2,1H3,(H,25,28)(H,26,27). The van der Waals surface area contributed by atoms with Crippen molar-refractivity contribution in [3.8, 4) is 17.2 Å². The first-order valence-electron chi connectivity index (χ1n) is 9.83. The molecule has 6 nitrogen and oxygen atoms in total. The second-order valence-electron chi connectivity index (χ2n) is 6.91. The van der Waals surface area contributed by atoms with Crippen LogP contribution in [0.2, 0.25) is 0 Å². The first kappa shape index (κ1) is 19.5. The quantitative estimate of drug-likeness (QED) is 0.612. The summed E-state index contributed by atoms with van der Waals surface area (Å²) in [6.07, 6.45) is 0.127. The van der Waals surface area contributed by atoms with Crippen LogP contribution in [-0.2, 0) is 9.59 Å². The lowest BCUT2D eigenvalue weighted by Crippen LogP contribution is -2.30. The maximum atomic E-state index is 12.8. The zero-order valence-corrected chi connectivity index (χ0v) is 16.6. The van der Waals surface area contributed by atoms with Crippen LogP contribution in [0.1, 0.15) is 24.8 Å². The van der Waals surface area contributed by atoms with Gasteiger partial charge in [0, 0.05) is 17.8 Å². The first-order valence-corrected chi connectivity index (χ1v) is 9.83. The fourth-order valence-electron chi connectivity index (χ4n) is 3.39. The van der Waals surface area contributed by atoms with Crippen LogP contribution >= 0.6 is 0 Å². The Balaban J connectivity index is 1.41. The van der Waals surface area contributed by atoms with E-state index in [1.807, 2.05) is 49.4 Å². The molecular weight excluding hydrogens is 380 g/mol. The molecule has 6 heteroatoms. The minimum atomic E-state index is -0.519. The van der Waals surface area contributed by atoms with Crippen molar-refractivity contribution in [1.29, 1.82) is 0 Å². The van der Waals surface area contributed by atoms with E-state index in [-0.39, 0.29) is 18.2 Å². The molecule has 2 N–H and O–H groups in total. The zero-order valence-electron chi connectivity index (χ0n) is 16.6. The van der Waals surface area contributed by atoms with Crippen molar-refractivity contribution in [2.24, 2.45) is 0 Å². The fraction of sp³-hybridized carbons (Fsp3) is 0.167. The lowest BCUT2D eigenvalue weighted by molar-refractivity contribution is -0.123. The van der Waals surface area contributed by atoms with E-state index >= 15 is 0 Å². The van der Waals surface area contributed by atoms with Gasteiger partial charge in [0.05, 0.1) is 12.5 Å². The highest BCUT2D eigenvalue weighted by Crippen LogP contribution is 2.33. The molecule has 0 spiro atoms. The molecule has 0 aliphatic carbocycles. The summed E-state index contributed by atoms with van der Waals surface area (Å²) in [5.74, 6) is 1.25. The molecule has 4 rings (SSSR count). The largest absolute Gasteiger partial charge is 0.494 e. The number of hydrogen-bond donors (Lipinski definition) is 2. The van der Waals surface area contributed by atoms with Crippen LogP contribution in [0.15, 0.2) is 72.8 Å². The Morgan fingerprint density at radius 2 is 1.60 bits per heavy atom. The van der Waals surface area contributed by atoms with Gasteiger partial charge < -0.3 is 20.1 Å². The average Bonchev–Trinajstić information content (AvgIpc) is 2.76. The monoisotopic (exact) mass is 402 g/mol. The van der Waals surface area contributed by atoms with Gasteiger partial charge in [0.25, 0.3) is 0 Å². The third kappa shape index (κ3) is 4.43. The third-order valence-electron chi connectivity index (χ3n) is 4.81. The third-order valence-corrected chi connectivity index (χ3v) is 4.81. The van der Waals surface area contributed by atoms with Gasteiger partial charge in [-0.1, -0.05) is 18.2 Å². The Labute approximate surface area is 174 Å². The number of anilines is 2. The first-order chi connectivity index (χ1) is 14.6. The van der Waals surface area contributed by atoms with Gasteiger partial charge >= 0.3 is 0 Å². The molecule has 3 aromatic rings. The molecule has 1 aliphatic rings. The average molecular weight is 402 g/mol. The highest BCUT2D eigenvalue weighted by atomic mass is 16.5. The lowest BCUT2D eigenvalue weighted by Gasteiger charge is -2.24. The molecule has 30 heavy (non-hydrogen) atoms. The maximum absolute atomic E-state index is 12.8. The van der Waals surface area contributed by atoms with Gasteiger partial charge in [0.1, 0.15) is 17.2 Å². The SMILES string of the molecule is CCOc1ccc(Oc2ccc(NC(=O)C3CC(=O)Nc4ccccc43)cc2)cc1. The highest BCUT2D eigenvalue weighted by Gasteiger charge is 2.30. The molecule has 0 saturated heterocycles. The van der Waals surface area contributed by atoms with Crippen LogP contribution < -0.4 is 20.1 Å². The molecule has 3 aromatic carbocycles. The van der Waals surface area contributed by atoms with Gasteiger partial charge in [0.2, 0.25) is 11.8 Å². The zero-order chi connectivity index (χ0) is 20.9. The molecule has 2 amide bonds. The van der Waals surface area contributed by atoms with E-state index in [2.05, 4.69) is 10.6 Å². The number of ether oxygens (including phenoxy) is 2. The number of nitrogens with one attached hydrogen (secondary N) is 2. The van der Waals surface area contributed by atoms with E-state index < -0.39 is 5.92 Å². The number of carbonyl (C=O) groups is 2. The summed E-state index contributed by atoms with van der Waals surface area (Å²) in [6, 6.07) is 21.9. The van der Waals surface area contributed by atoms with Crippen molar-refractivity contribution < 1.29 is 19.1 Å². The maximum Gasteiger partial charge on any atom is 0.232 e. The molecule has 1 aliphatic heterocycles. The summed E-state index contributed by atoms with van der Waals surface area (Å²) in [7, 11) is 0. The predicted molar refractivity (Wildman–Crippen MR) is 115 cm³/mol. The Bertz CT molecular complexity index is 1050. The van der Waals surface area contributed by atoms with Crippen molar-refractivity contribution in [2.45, 2.75) is 19.3 Å². The Hall–Kier alpha value is -3.80. The van der Waals surface area contributed by atoms with E-state index in [0.29, 0.717) is 29.5 Å². The summed E-state index contributed by atoms with van der Waals surface area (Å²) in [5.41, 5.74) is 2.15. The minimum Gasteiger partial charge on any atom is -0.494 e. The van der Waals surface area contributed by atoms with Crippen molar-refractivity contribution in [2.75, 3.05) is 17.2 Å². The van der Waals surface area contributed by atoms with Crippen molar-refractivity contribution in [1.82, 2.24) is 0 Å². The van der Waals surface area contributed by atoms with E-state index in [9.17, 15) is 9.59 Å². The van der Waals surface area contributed by atoms with Gasteiger partial charge in [-0.15, -0.1) is 0 Å². The minimum absolute atomic E-state index is 0.127. The summed E-state index contributed by atoms with van der Waals surface area (Å²) < 4.78 is 11.2. The molecule has 1 atom stereocenters. The number of benzene rings is 3. The molecule has 0 radical (unpaired) electrons. The Morgan fingerprint density at radius 3 is 2.30 bits per heavy atom. The van der Waals surface area contributed by atoms with E-state index in [0.717, 1.165) is 11.3 Å². The number of hydrogen-bond acceptors (Lipinski definition) is 4. The molecule has 1 unspecified atom stereocenters. The molecule has 1 heterocycles. The summed E-state index contributed by atoms with van der Waals surface area (Å²) in [4.78, 5) is 24.8. The number of para-hydroxylation sites is 1. The normalized spacial score (nSPS) is 15.0. The van der Waals surface area contributed by atoms with E-state index in [1.54, 1.807) is 30.3 Å². The molecule has 0 fully saturated rings. The van der Waals surface area contributed by atoms with Crippen molar-refractivity contribution >= 4 is 23.2 Å². The van der Waals surface area contributed by atoms with Gasteiger partial charge in [-0.25, -0.2) is 0 Å². The molecule has 0 bridgehead atoms. The van der Waals surface area contributed by atoms with E-state index in [4.69, 9.17) is 9.47 Å². The van der Waals surface area contributed by atoms with Crippen LogP contribution in [0.3, 0.4) is 0 Å². The summed E-state index contributed by atoms with van der Waals surface area (Å²) in [6.45, 7) is 2.55. The summed E-state index contributed by atoms with van der Waals surface area (Å²) >= 11 is 0. The summed E-state index contributed by atoms with van der Waals surface area (Å²) in [5, 5.41) is 5.70. The second kappa shape index (κ2) is 8.69. The molecule has 0 saturated carbocycles. The van der Waals surface area contributed by atoms with Crippen molar-refractivity contribution in [3.63, 3.8) is 0 Å². The van der Waals surface area contributed by atoms with E-state index in [1.165, 1.54) is 0 Å². The van der Waals surface area contributed by atoms with Crippen molar-refractivity contribution in [3.05, 3.63) is 78.4 Å². The second-order valence-corrected chi connectivity index (χ2v) is 6.91.